The van der Waals surface area contributed by atoms with Gasteiger partial charge in [-0.1, -0.05) is 35.4 Å². The van der Waals surface area contributed by atoms with Crippen molar-refractivity contribution < 1.29 is 25.8 Å². The number of anilines is 1. The molecule has 0 bridgehead atoms. The highest BCUT2D eigenvalue weighted by molar-refractivity contribution is 7.90. The molecule has 8 nitrogen and oxygen atoms in total. The molecule has 2 amide bonds. The number of benzene rings is 3. The minimum Gasteiger partial charge on any atom is -0.379 e. The first-order valence-corrected chi connectivity index (χ1v) is 12.0. The smallest absolute Gasteiger partial charge is 0.339 e. The molecule has 0 unspecified atom stereocenters. The van der Waals surface area contributed by atoms with Crippen LogP contribution in [0.1, 0.15) is 11.1 Å². The van der Waals surface area contributed by atoms with Crippen molar-refractivity contribution in [1.82, 2.24) is 4.72 Å². The molecule has 0 radical (unpaired) electrons. The van der Waals surface area contributed by atoms with Crippen molar-refractivity contribution in [2.45, 2.75) is 23.6 Å². The Morgan fingerprint density at radius 2 is 1.19 bits per heavy atom. The lowest BCUT2D eigenvalue weighted by molar-refractivity contribution is 0.256. The summed E-state index contributed by atoms with van der Waals surface area (Å²) in [6.45, 7) is 3.65. The Morgan fingerprint density at radius 1 is 0.710 bits per heavy atom. The lowest BCUT2D eigenvalue weighted by Gasteiger charge is -2.10. The number of hydrogen-bond donors (Lipinski definition) is 2. The predicted octanol–water partition coefficient (Wildman–Crippen LogP) is 3.58. The van der Waals surface area contributed by atoms with Crippen molar-refractivity contribution in [2.24, 2.45) is 0 Å². The highest BCUT2D eigenvalue weighted by Crippen LogP contribution is 2.21. The Hall–Kier alpha value is -3.37. The monoisotopic (exact) mass is 460 g/mol. The highest BCUT2D eigenvalue weighted by Gasteiger charge is 2.18. The summed E-state index contributed by atoms with van der Waals surface area (Å²) in [4.78, 5) is 12.0. The number of aryl methyl sites for hydroxylation is 2. The van der Waals surface area contributed by atoms with Crippen LogP contribution in [0.5, 0.6) is 5.75 Å². The number of rotatable bonds is 6. The molecule has 0 aromatic heterocycles. The second kappa shape index (κ2) is 8.78. The fourth-order valence-corrected chi connectivity index (χ4v) is 4.37. The van der Waals surface area contributed by atoms with Gasteiger partial charge in [-0.3, -0.25) is 0 Å². The van der Waals surface area contributed by atoms with Gasteiger partial charge in [0.2, 0.25) is 0 Å². The van der Waals surface area contributed by atoms with E-state index in [-0.39, 0.29) is 21.2 Å². The number of carbonyl (C=O) groups is 1. The van der Waals surface area contributed by atoms with E-state index in [0.717, 1.165) is 11.1 Å². The molecule has 0 saturated heterocycles. The van der Waals surface area contributed by atoms with Crippen molar-refractivity contribution in [3.8, 4) is 5.75 Å². The van der Waals surface area contributed by atoms with Crippen LogP contribution >= 0.6 is 0 Å². The number of hydrogen-bond acceptors (Lipinski definition) is 6. The van der Waals surface area contributed by atoms with E-state index >= 15 is 0 Å². The van der Waals surface area contributed by atoms with E-state index in [1.54, 1.807) is 24.3 Å². The van der Waals surface area contributed by atoms with E-state index in [1.807, 2.05) is 18.6 Å². The SMILES string of the molecule is Cc1ccc(S(=O)(=O)NC(=O)Nc2ccc(OS(=O)(=O)c3ccc(C)cc3)cc2)cc1. The summed E-state index contributed by atoms with van der Waals surface area (Å²) in [6, 6.07) is 16.7. The maximum atomic E-state index is 12.3. The van der Waals surface area contributed by atoms with Crippen molar-refractivity contribution >= 4 is 31.9 Å². The summed E-state index contributed by atoms with van der Waals surface area (Å²) in [5.74, 6) is 0.0406. The quantitative estimate of drug-likeness (QED) is 0.543. The van der Waals surface area contributed by atoms with Crippen LogP contribution in [0.2, 0.25) is 0 Å². The zero-order valence-electron chi connectivity index (χ0n) is 16.7. The summed E-state index contributed by atoms with van der Waals surface area (Å²) >= 11 is 0. The second-order valence-electron chi connectivity index (χ2n) is 6.75. The number of sulfonamides is 1. The average molecular weight is 461 g/mol. The van der Waals surface area contributed by atoms with Crippen LogP contribution in [-0.4, -0.2) is 22.9 Å². The van der Waals surface area contributed by atoms with Crippen LogP contribution < -0.4 is 14.2 Å². The van der Waals surface area contributed by atoms with Crippen LogP contribution in [0.25, 0.3) is 0 Å². The van der Waals surface area contributed by atoms with Gasteiger partial charge in [0.15, 0.2) is 0 Å². The van der Waals surface area contributed by atoms with Crippen LogP contribution in [0, 0.1) is 13.8 Å². The summed E-state index contributed by atoms with van der Waals surface area (Å²) in [6.07, 6.45) is 0. The van der Waals surface area contributed by atoms with Gasteiger partial charge in [-0.25, -0.2) is 17.9 Å². The first-order chi connectivity index (χ1) is 14.5. The molecule has 3 aromatic rings. The summed E-state index contributed by atoms with van der Waals surface area (Å²) in [7, 11) is -8.03. The first-order valence-electron chi connectivity index (χ1n) is 9.07. The van der Waals surface area contributed by atoms with Crippen molar-refractivity contribution in [2.75, 3.05) is 5.32 Å². The molecular weight excluding hydrogens is 440 g/mol. The zero-order valence-corrected chi connectivity index (χ0v) is 18.3. The molecule has 162 valence electrons. The Bertz CT molecular complexity index is 1280. The van der Waals surface area contributed by atoms with E-state index in [0.29, 0.717) is 0 Å². The fourth-order valence-electron chi connectivity index (χ4n) is 2.53. The second-order valence-corrected chi connectivity index (χ2v) is 9.98. The Labute approximate surface area is 181 Å². The number of carbonyl (C=O) groups excluding carboxylic acids is 1. The van der Waals surface area contributed by atoms with E-state index in [4.69, 9.17) is 4.18 Å². The van der Waals surface area contributed by atoms with Gasteiger partial charge in [0.1, 0.15) is 10.6 Å². The van der Waals surface area contributed by atoms with Crippen LogP contribution in [-0.2, 0) is 20.1 Å². The molecule has 0 aliphatic heterocycles. The molecule has 3 rings (SSSR count). The predicted molar refractivity (Wildman–Crippen MR) is 116 cm³/mol. The van der Waals surface area contributed by atoms with Crippen molar-refractivity contribution in [1.29, 1.82) is 0 Å². The molecule has 3 aromatic carbocycles. The fraction of sp³-hybridized carbons (Fsp3) is 0.0952. The molecule has 31 heavy (non-hydrogen) atoms. The number of nitrogens with one attached hydrogen (secondary N) is 2. The van der Waals surface area contributed by atoms with Crippen LogP contribution in [0.15, 0.2) is 82.6 Å². The minimum atomic E-state index is -4.03. The molecule has 10 heteroatoms. The summed E-state index contributed by atoms with van der Waals surface area (Å²) in [5.41, 5.74) is 2.05. The molecule has 0 spiro atoms. The van der Waals surface area contributed by atoms with Crippen molar-refractivity contribution in [3.63, 3.8) is 0 Å². The number of urea groups is 1. The van der Waals surface area contributed by atoms with Gasteiger partial charge in [-0.15, -0.1) is 0 Å². The lowest BCUT2D eigenvalue weighted by Crippen LogP contribution is -2.34. The van der Waals surface area contributed by atoms with Gasteiger partial charge >= 0.3 is 16.1 Å². The molecule has 0 aliphatic carbocycles. The molecule has 2 N–H and O–H groups in total. The maximum absolute atomic E-state index is 12.3. The van der Waals surface area contributed by atoms with E-state index in [9.17, 15) is 21.6 Å². The Balaban J connectivity index is 1.64. The van der Waals surface area contributed by atoms with E-state index in [2.05, 4.69) is 5.32 Å². The van der Waals surface area contributed by atoms with Gasteiger partial charge in [-0.05, 0) is 62.4 Å². The van der Waals surface area contributed by atoms with Crippen LogP contribution in [0.3, 0.4) is 0 Å². The normalized spacial score (nSPS) is 11.5. The average Bonchev–Trinajstić information content (AvgIpc) is 2.69. The first kappa shape index (κ1) is 22.3. The van der Waals surface area contributed by atoms with E-state index < -0.39 is 26.2 Å². The molecule has 0 fully saturated rings. The van der Waals surface area contributed by atoms with Gasteiger partial charge in [0.25, 0.3) is 10.0 Å². The van der Waals surface area contributed by atoms with Gasteiger partial charge in [-0.2, -0.15) is 8.42 Å². The Morgan fingerprint density at radius 3 is 1.71 bits per heavy atom. The largest absolute Gasteiger partial charge is 0.379 e. The lowest BCUT2D eigenvalue weighted by atomic mass is 10.2. The van der Waals surface area contributed by atoms with Gasteiger partial charge in [0, 0.05) is 5.69 Å². The maximum Gasteiger partial charge on any atom is 0.339 e. The van der Waals surface area contributed by atoms with Gasteiger partial charge in [0.05, 0.1) is 4.90 Å². The van der Waals surface area contributed by atoms with Crippen molar-refractivity contribution in [3.05, 3.63) is 83.9 Å². The standard InChI is InChI=1S/C21H20N2O6S2/c1-15-3-11-19(12-4-15)30(25,26)23-21(24)22-17-7-9-18(10-8-17)29-31(27,28)20-13-5-16(2)6-14-20/h3-14H,1-2H3,(H2,22,23,24). The molecule has 0 atom stereocenters. The zero-order chi connectivity index (χ0) is 22.6. The summed E-state index contributed by atoms with van der Waals surface area (Å²) in [5, 5.41) is 2.37. The van der Waals surface area contributed by atoms with E-state index in [1.165, 1.54) is 48.5 Å². The third-order valence-corrected chi connectivity index (χ3v) is 6.79. The highest BCUT2D eigenvalue weighted by atomic mass is 32.2. The topological polar surface area (TPSA) is 119 Å². The third kappa shape index (κ3) is 5.83. The minimum absolute atomic E-state index is 0.0148. The van der Waals surface area contributed by atoms with Gasteiger partial charge < -0.3 is 9.50 Å². The van der Waals surface area contributed by atoms with Crippen LogP contribution in [0.4, 0.5) is 10.5 Å². The molecule has 0 heterocycles. The Kier molecular flexibility index (Phi) is 6.32. The molecule has 0 saturated carbocycles. The molecular formula is C21H20N2O6S2. The number of amides is 2. The summed E-state index contributed by atoms with van der Waals surface area (Å²) < 4.78 is 56.1. The third-order valence-electron chi connectivity index (χ3n) is 4.19. The molecule has 0 aliphatic rings.